The Morgan fingerprint density at radius 1 is 1.18 bits per heavy atom. The summed E-state index contributed by atoms with van der Waals surface area (Å²) in [4.78, 5) is 0. The van der Waals surface area contributed by atoms with Crippen molar-refractivity contribution in [1.82, 2.24) is 0 Å². The molecule has 0 aromatic carbocycles. The molecule has 0 aromatic heterocycles. The Balaban J connectivity index is 2.63. The summed E-state index contributed by atoms with van der Waals surface area (Å²) in [6, 6.07) is -0.645. The van der Waals surface area contributed by atoms with E-state index in [-0.39, 0.29) is 0 Å². The minimum atomic E-state index is -1.33. The predicted molar refractivity (Wildman–Crippen MR) is 36.5 cm³/mol. The van der Waals surface area contributed by atoms with E-state index in [9.17, 15) is 5.11 Å². The number of hydrogen-bond donors (Lipinski definition) is 4. The van der Waals surface area contributed by atoms with Gasteiger partial charge in [0.1, 0.15) is 12.2 Å². The third-order valence-electron chi connectivity index (χ3n) is 1.93. The monoisotopic (exact) mass is 163 g/mol. The molecule has 11 heavy (non-hydrogen) atoms. The van der Waals surface area contributed by atoms with Crippen molar-refractivity contribution in [2.75, 3.05) is 0 Å². The molecule has 0 amide bonds. The van der Waals surface area contributed by atoms with Crippen molar-refractivity contribution in [3.63, 3.8) is 0 Å². The van der Waals surface area contributed by atoms with Crippen molar-refractivity contribution in [3.8, 4) is 0 Å². The molecule has 0 spiro atoms. The van der Waals surface area contributed by atoms with Crippen molar-refractivity contribution >= 4 is 0 Å². The standard InChI is InChI=1S/C6H13NO4/c1-2-3(7)4(8)5(9)6(10)11-2/h2-6,8-10H,7H2,1H3/t2-,3-,4-,5-,6?/m0/s1. The average Bonchev–Trinajstić information content (AvgIpc) is 1.97. The van der Waals surface area contributed by atoms with E-state index >= 15 is 0 Å². The minimum absolute atomic E-state index is 0.441. The van der Waals surface area contributed by atoms with Gasteiger partial charge in [0.25, 0.3) is 0 Å². The average molecular weight is 163 g/mol. The highest BCUT2D eigenvalue weighted by molar-refractivity contribution is 4.89. The summed E-state index contributed by atoms with van der Waals surface area (Å²) in [5.74, 6) is 0. The van der Waals surface area contributed by atoms with Gasteiger partial charge in [-0.05, 0) is 6.92 Å². The first-order valence-electron chi connectivity index (χ1n) is 3.49. The van der Waals surface area contributed by atoms with Crippen molar-refractivity contribution in [1.29, 1.82) is 0 Å². The lowest BCUT2D eigenvalue weighted by atomic mass is 9.98. The van der Waals surface area contributed by atoms with Crippen LogP contribution >= 0.6 is 0 Å². The van der Waals surface area contributed by atoms with Gasteiger partial charge in [-0.3, -0.25) is 0 Å². The van der Waals surface area contributed by atoms with Gasteiger partial charge in [0.05, 0.1) is 12.1 Å². The highest BCUT2D eigenvalue weighted by Gasteiger charge is 2.39. The van der Waals surface area contributed by atoms with Crippen LogP contribution in [0.3, 0.4) is 0 Å². The molecule has 5 N–H and O–H groups in total. The van der Waals surface area contributed by atoms with E-state index in [1.54, 1.807) is 6.92 Å². The molecule has 1 heterocycles. The third kappa shape index (κ3) is 1.52. The molecule has 0 aliphatic carbocycles. The molecule has 1 aliphatic heterocycles. The van der Waals surface area contributed by atoms with Gasteiger partial charge < -0.3 is 25.8 Å². The number of aliphatic hydroxyl groups is 3. The maximum absolute atomic E-state index is 9.17. The summed E-state index contributed by atoms with van der Waals surface area (Å²) in [5.41, 5.74) is 5.43. The summed E-state index contributed by atoms with van der Waals surface area (Å²) < 4.78 is 4.80. The van der Waals surface area contributed by atoms with Crippen molar-refractivity contribution in [3.05, 3.63) is 0 Å². The molecule has 1 saturated heterocycles. The molecule has 66 valence electrons. The van der Waals surface area contributed by atoms with Gasteiger partial charge in [0.2, 0.25) is 0 Å². The van der Waals surface area contributed by atoms with Crippen LogP contribution in [0, 0.1) is 0 Å². The first-order chi connectivity index (χ1) is 5.04. The number of rotatable bonds is 0. The lowest BCUT2D eigenvalue weighted by Crippen LogP contribution is -2.60. The lowest BCUT2D eigenvalue weighted by Gasteiger charge is -2.37. The SMILES string of the molecule is C[C@@H]1OC(O)[C@@H](O)[C@@H](O)[C@H]1N. The van der Waals surface area contributed by atoms with Crippen LogP contribution in [0.15, 0.2) is 0 Å². The Morgan fingerprint density at radius 2 is 1.73 bits per heavy atom. The van der Waals surface area contributed by atoms with Gasteiger partial charge in [0.15, 0.2) is 6.29 Å². The molecular formula is C6H13NO4. The zero-order chi connectivity index (χ0) is 8.59. The first-order valence-corrected chi connectivity index (χ1v) is 3.49. The molecule has 5 heteroatoms. The molecule has 5 nitrogen and oxygen atoms in total. The minimum Gasteiger partial charge on any atom is -0.388 e. The molecule has 1 fully saturated rings. The number of ether oxygens (including phenoxy) is 1. The Bertz CT molecular complexity index is 129. The molecule has 0 bridgehead atoms. The van der Waals surface area contributed by atoms with Crippen molar-refractivity contribution in [2.24, 2.45) is 5.73 Å². The molecule has 0 radical (unpaired) electrons. The molecule has 1 unspecified atom stereocenters. The van der Waals surface area contributed by atoms with Gasteiger partial charge in [0, 0.05) is 0 Å². The second kappa shape index (κ2) is 3.04. The fourth-order valence-electron chi connectivity index (χ4n) is 1.07. The fourth-order valence-corrected chi connectivity index (χ4v) is 1.07. The Hall–Kier alpha value is -0.200. The largest absolute Gasteiger partial charge is 0.388 e. The first kappa shape index (κ1) is 8.89. The summed E-state index contributed by atoms with van der Waals surface area (Å²) in [6.07, 6.45) is -4.20. The number of hydrogen-bond acceptors (Lipinski definition) is 5. The topological polar surface area (TPSA) is 95.9 Å². The predicted octanol–water partition coefficient (Wildman–Crippen LogP) is -2.23. The van der Waals surface area contributed by atoms with Crippen molar-refractivity contribution in [2.45, 2.75) is 37.6 Å². The number of nitrogens with two attached hydrogens (primary N) is 1. The summed E-state index contributed by atoms with van der Waals surface area (Å²) in [6.45, 7) is 1.63. The van der Waals surface area contributed by atoms with Crippen LogP contribution in [-0.4, -0.2) is 46.0 Å². The van der Waals surface area contributed by atoms with E-state index in [2.05, 4.69) is 0 Å². The molecule has 1 aliphatic rings. The third-order valence-corrected chi connectivity index (χ3v) is 1.93. The normalized spacial score (nSPS) is 52.6. The maximum atomic E-state index is 9.17. The van der Waals surface area contributed by atoms with Crippen LogP contribution in [-0.2, 0) is 4.74 Å². The smallest absolute Gasteiger partial charge is 0.183 e. The van der Waals surface area contributed by atoms with E-state index in [1.165, 1.54) is 0 Å². The van der Waals surface area contributed by atoms with Gasteiger partial charge in [-0.15, -0.1) is 0 Å². The molecule has 0 saturated carbocycles. The molecular weight excluding hydrogens is 150 g/mol. The van der Waals surface area contributed by atoms with Crippen LogP contribution in [0.2, 0.25) is 0 Å². The zero-order valence-corrected chi connectivity index (χ0v) is 6.21. The summed E-state index contributed by atoms with van der Waals surface area (Å²) in [5, 5.41) is 27.1. The highest BCUT2D eigenvalue weighted by Crippen LogP contribution is 2.17. The van der Waals surface area contributed by atoms with Crippen molar-refractivity contribution < 1.29 is 20.1 Å². The molecule has 0 aromatic rings. The van der Waals surface area contributed by atoms with Crippen LogP contribution in [0.25, 0.3) is 0 Å². The quantitative estimate of drug-likeness (QED) is 0.324. The van der Waals surface area contributed by atoms with E-state index < -0.39 is 30.6 Å². The van der Waals surface area contributed by atoms with Gasteiger partial charge >= 0.3 is 0 Å². The van der Waals surface area contributed by atoms with Crippen LogP contribution in [0.4, 0.5) is 0 Å². The van der Waals surface area contributed by atoms with Gasteiger partial charge in [-0.25, -0.2) is 0 Å². The summed E-state index contributed by atoms with van der Waals surface area (Å²) in [7, 11) is 0. The molecule has 5 atom stereocenters. The van der Waals surface area contributed by atoms with Gasteiger partial charge in [-0.2, -0.15) is 0 Å². The zero-order valence-electron chi connectivity index (χ0n) is 6.21. The van der Waals surface area contributed by atoms with E-state index in [4.69, 9.17) is 20.7 Å². The Kier molecular flexibility index (Phi) is 2.46. The fraction of sp³-hybridized carbons (Fsp3) is 1.00. The van der Waals surface area contributed by atoms with Gasteiger partial charge in [-0.1, -0.05) is 0 Å². The van der Waals surface area contributed by atoms with Crippen LogP contribution in [0.1, 0.15) is 6.92 Å². The van der Waals surface area contributed by atoms with Crippen LogP contribution in [0.5, 0.6) is 0 Å². The Morgan fingerprint density at radius 3 is 2.27 bits per heavy atom. The Labute approximate surface area is 64.4 Å². The van der Waals surface area contributed by atoms with Crippen LogP contribution < -0.4 is 5.73 Å². The number of aliphatic hydroxyl groups excluding tert-OH is 3. The summed E-state index contributed by atoms with van der Waals surface area (Å²) >= 11 is 0. The lowest BCUT2D eigenvalue weighted by molar-refractivity contribution is -0.249. The second-order valence-corrected chi connectivity index (χ2v) is 2.79. The van der Waals surface area contributed by atoms with E-state index in [1.807, 2.05) is 0 Å². The van der Waals surface area contributed by atoms with E-state index in [0.29, 0.717) is 0 Å². The van der Waals surface area contributed by atoms with E-state index in [0.717, 1.165) is 0 Å². The maximum Gasteiger partial charge on any atom is 0.183 e. The molecule has 1 rings (SSSR count). The highest BCUT2D eigenvalue weighted by atomic mass is 16.6. The second-order valence-electron chi connectivity index (χ2n) is 2.79.